The lowest BCUT2D eigenvalue weighted by Crippen LogP contribution is -2.44. The molecule has 0 radical (unpaired) electrons. The van der Waals surface area contributed by atoms with Crippen LogP contribution in [0, 0.1) is 5.92 Å². The number of aliphatic hydroxyl groups excluding tert-OH is 1. The Bertz CT molecular complexity index is 812. The summed E-state index contributed by atoms with van der Waals surface area (Å²) in [6, 6.07) is 6.57. The molecule has 0 spiro atoms. The zero-order valence-electron chi connectivity index (χ0n) is 14.2. The molecule has 0 saturated heterocycles. The Morgan fingerprint density at radius 3 is 2.76 bits per heavy atom. The molecule has 0 saturated carbocycles. The average molecular weight is 343 g/mol. The minimum absolute atomic E-state index is 0.134. The van der Waals surface area contributed by atoms with Gasteiger partial charge in [0.05, 0.1) is 23.5 Å². The third kappa shape index (κ3) is 3.41. The summed E-state index contributed by atoms with van der Waals surface area (Å²) >= 11 is 0. The second-order valence-electron chi connectivity index (χ2n) is 6.60. The van der Waals surface area contributed by atoms with Crippen LogP contribution >= 0.6 is 0 Å². The maximum Gasteiger partial charge on any atom is 0.335 e. The highest BCUT2D eigenvalue weighted by molar-refractivity contribution is 5.89. The van der Waals surface area contributed by atoms with Crippen molar-refractivity contribution in [2.45, 2.75) is 32.9 Å². The lowest BCUT2D eigenvalue weighted by Gasteiger charge is -2.29. The van der Waals surface area contributed by atoms with Gasteiger partial charge in [0, 0.05) is 18.5 Å². The van der Waals surface area contributed by atoms with Gasteiger partial charge < -0.3 is 20.1 Å². The van der Waals surface area contributed by atoms with Crippen molar-refractivity contribution in [3.63, 3.8) is 0 Å². The summed E-state index contributed by atoms with van der Waals surface area (Å²) < 4.78 is 0. The molecule has 1 aromatic carbocycles. The van der Waals surface area contributed by atoms with Crippen LogP contribution in [0.15, 0.2) is 24.3 Å². The SMILES string of the molecule is CC(C)C(O)C(=O)N1CCc2nc(-c3cccc(C(=O)O)c3)[nH]c2C1. The summed E-state index contributed by atoms with van der Waals surface area (Å²) in [5.74, 6) is -0.806. The van der Waals surface area contributed by atoms with Gasteiger partial charge in [0.2, 0.25) is 0 Å². The molecule has 0 fully saturated rings. The first kappa shape index (κ1) is 17.2. The van der Waals surface area contributed by atoms with Crippen LogP contribution in [0.3, 0.4) is 0 Å². The van der Waals surface area contributed by atoms with Crippen LogP contribution < -0.4 is 0 Å². The number of carboxylic acid groups (broad SMARTS) is 1. The molecule has 1 aromatic heterocycles. The second kappa shape index (κ2) is 6.68. The van der Waals surface area contributed by atoms with Crippen LogP contribution in [0.1, 0.15) is 35.6 Å². The fraction of sp³-hybridized carbons (Fsp3) is 0.389. The van der Waals surface area contributed by atoms with Crippen molar-refractivity contribution in [2.75, 3.05) is 6.54 Å². The number of carbonyl (C=O) groups is 2. The van der Waals surface area contributed by atoms with E-state index in [4.69, 9.17) is 5.11 Å². The molecule has 132 valence electrons. The van der Waals surface area contributed by atoms with Crippen LogP contribution in [-0.4, -0.2) is 49.6 Å². The van der Waals surface area contributed by atoms with E-state index in [0.717, 1.165) is 11.4 Å². The molecule has 3 rings (SSSR count). The van der Waals surface area contributed by atoms with E-state index >= 15 is 0 Å². The number of hydrogen-bond donors (Lipinski definition) is 3. The number of aromatic carboxylic acids is 1. The Balaban J connectivity index is 1.83. The largest absolute Gasteiger partial charge is 0.478 e. The molecule has 1 aliphatic rings. The molecule has 25 heavy (non-hydrogen) atoms. The number of fused-ring (bicyclic) bond motifs is 1. The minimum Gasteiger partial charge on any atom is -0.478 e. The Hall–Kier alpha value is -2.67. The van der Waals surface area contributed by atoms with Crippen molar-refractivity contribution >= 4 is 11.9 Å². The predicted octanol–water partition coefficient (Wildman–Crippen LogP) is 1.68. The van der Waals surface area contributed by atoms with Gasteiger partial charge in [-0.25, -0.2) is 9.78 Å². The van der Waals surface area contributed by atoms with Gasteiger partial charge in [-0.15, -0.1) is 0 Å². The molecule has 1 atom stereocenters. The average Bonchev–Trinajstić information content (AvgIpc) is 3.03. The highest BCUT2D eigenvalue weighted by Crippen LogP contribution is 2.24. The van der Waals surface area contributed by atoms with Crippen LogP contribution in [0.2, 0.25) is 0 Å². The Morgan fingerprint density at radius 1 is 1.32 bits per heavy atom. The number of carboxylic acids is 1. The number of nitrogens with one attached hydrogen (secondary N) is 1. The summed E-state index contributed by atoms with van der Waals surface area (Å²) in [7, 11) is 0. The number of imidazole rings is 1. The summed E-state index contributed by atoms with van der Waals surface area (Å²) in [5.41, 5.74) is 2.59. The quantitative estimate of drug-likeness (QED) is 0.783. The number of hydrogen-bond acceptors (Lipinski definition) is 4. The van der Waals surface area contributed by atoms with E-state index in [1.165, 1.54) is 6.07 Å². The number of benzene rings is 1. The van der Waals surface area contributed by atoms with Gasteiger partial charge in [-0.3, -0.25) is 4.79 Å². The standard InChI is InChI=1S/C18H21N3O4/c1-10(2)15(22)17(23)21-7-6-13-14(9-21)20-16(19-13)11-4-3-5-12(8-11)18(24)25/h3-5,8,10,15,22H,6-7,9H2,1-2H3,(H,19,20)(H,24,25). The molecule has 2 heterocycles. The summed E-state index contributed by atoms with van der Waals surface area (Å²) in [5, 5.41) is 19.1. The van der Waals surface area contributed by atoms with E-state index in [2.05, 4.69) is 9.97 Å². The van der Waals surface area contributed by atoms with Gasteiger partial charge in [0.15, 0.2) is 0 Å². The number of aromatic amines is 1. The van der Waals surface area contributed by atoms with Crippen LogP contribution in [0.4, 0.5) is 0 Å². The van der Waals surface area contributed by atoms with Crippen LogP contribution in [0.5, 0.6) is 0 Å². The van der Waals surface area contributed by atoms with Crippen molar-refractivity contribution < 1.29 is 19.8 Å². The molecule has 2 aromatic rings. The molecule has 1 aliphatic heterocycles. The highest BCUT2D eigenvalue weighted by atomic mass is 16.4. The maximum atomic E-state index is 12.3. The van der Waals surface area contributed by atoms with Gasteiger partial charge in [-0.05, 0) is 18.1 Å². The fourth-order valence-corrected chi connectivity index (χ4v) is 2.89. The minimum atomic E-state index is -1.00. The first-order chi connectivity index (χ1) is 11.9. The van der Waals surface area contributed by atoms with Crippen molar-refractivity contribution in [1.82, 2.24) is 14.9 Å². The monoisotopic (exact) mass is 343 g/mol. The van der Waals surface area contributed by atoms with Crippen molar-refractivity contribution in [3.05, 3.63) is 41.2 Å². The van der Waals surface area contributed by atoms with E-state index in [0.29, 0.717) is 30.9 Å². The number of amides is 1. The third-order valence-corrected chi connectivity index (χ3v) is 4.41. The lowest BCUT2D eigenvalue weighted by atomic mass is 10.0. The number of nitrogens with zero attached hydrogens (tertiary/aromatic N) is 2. The number of aliphatic hydroxyl groups is 1. The van der Waals surface area contributed by atoms with Crippen molar-refractivity contribution in [1.29, 1.82) is 0 Å². The second-order valence-corrected chi connectivity index (χ2v) is 6.60. The highest BCUT2D eigenvalue weighted by Gasteiger charge is 2.29. The van der Waals surface area contributed by atoms with Gasteiger partial charge >= 0.3 is 5.97 Å². The van der Waals surface area contributed by atoms with E-state index in [1.807, 2.05) is 13.8 Å². The Morgan fingerprint density at radius 2 is 2.08 bits per heavy atom. The molecular weight excluding hydrogens is 322 g/mol. The van der Waals surface area contributed by atoms with Crippen molar-refractivity contribution in [3.8, 4) is 11.4 Å². The molecule has 0 bridgehead atoms. The summed E-state index contributed by atoms with van der Waals surface area (Å²) in [6.07, 6.45) is -0.405. The predicted molar refractivity (Wildman–Crippen MR) is 90.9 cm³/mol. The number of carbonyl (C=O) groups excluding carboxylic acids is 1. The van der Waals surface area contributed by atoms with E-state index < -0.39 is 12.1 Å². The van der Waals surface area contributed by atoms with E-state index in [9.17, 15) is 14.7 Å². The van der Waals surface area contributed by atoms with Crippen LogP contribution in [-0.2, 0) is 17.8 Å². The molecule has 1 unspecified atom stereocenters. The fourth-order valence-electron chi connectivity index (χ4n) is 2.89. The van der Waals surface area contributed by atoms with E-state index in [-0.39, 0.29) is 17.4 Å². The third-order valence-electron chi connectivity index (χ3n) is 4.41. The molecule has 7 nitrogen and oxygen atoms in total. The van der Waals surface area contributed by atoms with E-state index in [1.54, 1.807) is 23.1 Å². The van der Waals surface area contributed by atoms with Crippen LogP contribution in [0.25, 0.3) is 11.4 Å². The number of H-pyrrole nitrogens is 1. The Labute approximate surface area is 145 Å². The number of rotatable bonds is 4. The normalized spacial score (nSPS) is 15.1. The number of aromatic nitrogens is 2. The maximum absolute atomic E-state index is 12.3. The first-order valence-electron chi connectivity index (χ1n) is 8.25. The molecule has 0 aliphatic carbocycles. The molecular formula is C18H21N3O4. The summed E-state index contributed by atoms with van der Waals surface area (Å²) in [6.45, 7) is 4.49. The molecule has 7 heteroatoms. The molecule has 1 amide bonds. The zero-order valence-corrected chi connectivity index (χ0v) is 14.2. The van der Waals surface area contributed by atoms with Crippen molar-refractivity contribution in [2.24, 2.45) is 5.92 Å². The van der Waals surface area contributed by atoms with Gasteiger partial charge in [0.1, 0.15) is 11.9 Å². The lowest BCUT2D eigenvalue weighted by molar-refractivity contribution is -0.143. The molecule has 3 N–H and O–H groups in total. The Kier molecular flexibility index (Phi) is 4.59. The smallest absolute Gasteiger partial charge is 0.335 e. The topological polar surface area (TPSA) is 107 Å². The summed E-state index contributed by atoms with van der Waals surface area (Å²) in [4.78, 5) is 32.8. The van der Waals surface area contributed by atoms with Gasteiger partial charge in [0.25, 0.3) is 5.91 Å². The van der Waals surface area contributed by atoms with Gasteiger partial charge in [-0.1, -0.05) is 26.0 Å². The van der Waals surface area contributed by atoms with Gasteiger partial charge in [-0.2, -0.15) is 0 Å². The first-order valence-corrected chi connectivity index (χ1v) is 8.25. The zero-order chi connectivity index (χ0) is 18.1.